The van der Waals surface area contributed by atoms with Gasteiger partial charge in [-0.2, -0.15) is 5.26 Å². The number of pyridine rings is 1. The van der Waals surface area contributed by atoms with Gasteiger partial charge in [0.2, 0.25) is 0 Å². The molecule has 0 aliphatic carbocycles. The Morgan fingerprint density at radius 1 is 1.56 bits per heavy atom. The van der Waals surface area contributed by atoms with Gasteiger partial charge in [-0.05, 0) is 18.9 Å². The highest BCUT2D eigenvalue weighted by molar-refractivity contribution is 6.34. The molecule has 6 heteroatoms. The lowest BCUT2D eigenvalue weighted by molar-refractivity contribution is 0.0378. The average molecular weight is 268 g/mol. The third kappa shape index (κ3) is 2.56. The zero-order valence-corrected chi connectivity index (χ0v) is 10.6. The molecule has 1 aliphatic heterocycles. The molecule has 1 saturated heterocycles. The molecule has 0 amide bonds. The number of hydrogen-bond acceptors (Lipinski definition) is 5. The number of rotatable bonds is 3. The standard InChI is InChI=1S/C12H14ClN3O2/c13-10-9(7-14)1-4-15-11(10)16-12(8-17)2-5-18-6-3-12/h1,4,17H,2-3,5-6,8H2,(H,15,16). The van der Waals surface area contributed by atoms with Crippen molar-refractivity contribution in [3.05, 3.63) is 22.8 Å². The highest BCUT2D eigenvalue weighted by Gasteiger charge is 2.32. The van der Waals surface area contributed by atoms with E-state index in [-0.39, 0.29) is 6.61 Å². The number of aromatic nitrogens is 1. The molecule has 0 atom stereocenters. The fraction of sp³-hybridized carbons (Fsp3) is 0.500. The minimum Gasteiger partial charge on any atom is -0.394 e. The minimum absolute atomic E-state index is 0.0227. The number of anilines is 1. The van der Waals surface area contributed by atoms with E-state index in [1.165, 1.54) is 6.20 Å². The van der Waals surface area contributed by atoms with E-state index in [9.17, 15) is 5.11 Å². The number of aliphatic hydroxyl groups is 1. The number of aliphatic hydroxyl groups excluding tert-OH is 1. The van der Waals surface area contributed by atoms with Gasteiger partial charge in [0, 0.05) is 19.4 Å². The quantitative estimate of drug-likeness (QED) is 0.869. The first kappa shape index (κ1) is 13.1. The molecule has 18 heavy (non-hydrogen) atoms. The first-order valence-corrected chi connectivity index (χ1v) is 6.10. The van der Waals surface area contributed by atoms with Crippen LogP contribution < -0.4 is 5.32 Å². The number of hydrogen-bond donors (Lipinski definition) is 2. The van der Waals surface area contributed by atoms with Crippen LogP contribution in [0, 0.1) is 11.3 Å². The summed E-state index contributed by atoms with van der Waals surface area (Å²) in [7, 11) is 0. The molecule has 2 N–H and O–H groups in total. The maximum atomic E-state index is 9.57. The van der Waals surface area contributed by atoms with E-state index in [0.29, 0.717) is 42.5 Å². The molecule has 0 spiro atoms. The van der Waals surface area contributed by atoms with Gasteiger partial charge in [0.25, 0.3) is 0 Å². The van der Waals surface area contributed by atoms with Crippen LogP contribution in [0.4, 0.5) is 5.82 Å². The summed E-state index contributed by atoms with van der Waals surface area (Å²) in [5, 5.41) is 21.9. The van der Waals surface area contributed by atoms with Crippen LogP contribution in [-0.2, 0) is 4.74 Å². The van der Waals surface area contributed by atoms with Gasteiger partial charge in [-0.3, -0.25) is 0 Å². The molecule has 5 nitrogen and oxygen atoms in total. The molecule has 1 aromatic rings. The highest BCUT2D eigenvalue weighted by atomic mass is 35.5. The summed E-state index contributed by atoms with van der Waals surface area (Å²) in [6.07, 6.45) is 2.88. The van der Waals surface area contributed by atoms with Crippen molar-refractivity contribution in [2.24, 2.45) is 0 Å². The molecule has 2 heterocycles. The van der Waals surface area contributed by atoms with Crippen molar-refractivity contribution >= 4 is 17.4 Å². The van der Waals surface area contributed by atoms with Crippen LogP contribution in [0.2, 0.25) is 5.02 Å². The highest BCUT2D eigenvalue weighted by Crippen LogP contribution is 2.30. The zero-order valence-electron chi connectivity index (χ0n) is 9.82. The number of nitrogens with zero attached hydrogens (tertiary/aromatic N) is 2. The van der Waals surface area contributed by atoms with Gasteiger partial charge >= 0.3 is 0 Å². The molecule has 1 aromatic heterocycles. The predicted molar refractivity (Wildman–Crippen MR) is 67.5 cm³/mol. The van der Waals surface area contributed by atoms with Gasteiger partial charge < -0.3 is 15.2 Å². The summed E-state index contributed by atoms with van der Waals surface area (Å²) in [6.45, 7) is 1.15. The second kappa shape index (κ2) is 5.53. The second-order valence-electron chi connectivity index (χ2n) is 4.31. The van der Waals surface area contributed by atoms with E-state index < -0.39 is 5.54 Å². The van der Waals surface area contributed by atoms with E-state index in [1.807, 2.05) is 6.07 Å². The van der Waals surface area contributed by atoms with Crippen molar-refractivity contribution in [2.75, 3.05) is 25.1 Å². The number of halogens is 1. The monoisotopic (exact) mass is 267 g/mol. The Balaban J connectivity index is 2.25. The molecule has 1 aliphatic rings. The summed E-state index contributed by atoms with van der Waals surface area (Å²) in [6, 6.07) is 3.56. The molecule has 0 saturated carbocycles. The normalized spacial score (nSPS) is 18.1. The molecule has 1 fully saturated rings. The molecule has 0 bridgehead atoms. The SMILES string of the molecule is N#Cc1ccnc(NC2(CO)CCOCC2)c1Cl. The number of nitrogens with one attached hydrogen (secondary N) is 1. The smallest absolute Gasteiger partial charge is 0.146 e. The van der Waals surface area contributed by atoms with Crippen LogP contribution >= 0.6 is 11.6 Å². The van der Waals surface area contributed by atoms with Crippen LogP contribution in [0.25, 0.3) is 0 Å². The zero-order chi connectivity index (χ0) is 13.0. The van der Waals surface area contributed by atoms with E-state index >= 15 is 0 Å². The largest absolute Gasteiger partial charge is 0.394 e. The molecular weight excluding hydrogens is 254 g/mol. The van der Waals surface area contributed by atoms with Crippen LogP contribution in [0.1, 0.15) is 18.4 Å². The van der Waals surface area contributed by atoms with Crippen LogP contribution in [0.3, 0.4) is 0 Å². The lowest BCUT2D eigenvalue weighted by atomic mass is 9.91. The predicted octanol–water partition coefficient (Wildman–Crippen LogP) is 1.56. The van der Waals surface area contributed by atoms with Crippen molar-refractivity contribution in [2.45, 2.75) is 18.4 Å². The van der Waals surface area contributed by atoms with Gasteiger partial charge in [0.05, 0.1) is 17.7 Å². The summed E-state index contributed by atoms with van der Waals surface area (Å²) >= 11 is 6.09. The number of nitriles is 1. The van der Waals surface area contributed by atoms with Crippen molar-refractivity contribution in [3.63, 3.8) is 0 Å². The van der Waals surface area contributed by atoms with Gasteiger partial charge in [-0.15, -0.1) is 0 Å². The lowest BCUT2D eigenvalue weighted by Gasteiger charge is -2.37. The Hall–Kier alpha value is -1.35. The maximum absolute atomic E-state index is 9.57. The van der Waals surface area contributed by atoms with E-state index in [0.717, 1.165) is 0 Å². The van der Waals surface area contributed by atoms with E-state index in [4.69, 9.17) is 21.6 Å². The minimum atomic E-state index is -0.469. The van der Waals surface area contributed by atoms with Crippen molar-refractivity contribution in [1.29, 1.82) is 5.26 Å². The van der Waals surface area contributed by atoms with Crippen molar-refractivity contribution < 1.29 is 9.84 Å². The lowest BCUT2D eigenvalue weighted by Crippen LogP contribution is -2.47. The third-order valence-corrected chi connectivity index (χ3v) is 3.53. The summed E-state index contributed by atoms with van der Waals surface area (Å²) in [5.41, 5.74) is -0.0995. The van der Waals surface area contributed by atoms with Crippen LogP contribution in [0.15, 0.2) is 12.3 Å². The van der Waals surface area contributed by atoms with E-state index in [1.54, 1.807) is 6.07 Å². The molecule has 0 unspecified atom stereocenters. The van der Waals surface area contributed by atoms with Gasteiger partial charge in [-0.1, -0.05) is 11.6 Å². The van der Waals surface area contributed by atoms with Crippen molar-refractivity contribution in [1.82, 2.24) is 4.98 Å². The number of ether oxygens (including phenoxy) is 1. The van der Waals surface area contributed by atoms with E-state index in [2.05, 4.69) is 10.3 Å². The summed E-state index contributed by atoms with van der Waals surface area (Å²) in [4.78, 5) is 4.13. The maximum Gasteiger partial charge on any atom is 0.146 e. The Kier molecular flexibility index (Phi) is 4.02. The van der Waals surface area contributed by atoms with Crippen LogP contribution in [-0.4, -0.2) is 35.5 Å². The van der Waals surface area contributed by atoms with Crippen molar-refractivity contribution in [3.8, 4) is 6.07 Å². The fourth-order valence-corrected chi connectivity index (χ4v) is 2.15. The van der Waals surface area contributed by atoms with Crippen LogP contribution in [0.5, 0.6) is 0 Å². The Morgan fingerprint density at radius 2 is 2.28 bits per heavy atom. The Labute approximate surface area is 110 Å². The summed E-state index contributed by atoms with van der Waals surface area (Å²) < 4.78 is 5.28. The first-order valence-electron chi connectivity index (χ1n) is 5.72. The average Bonchev–Trinajstić information content (AvgIpc) is 2.42. The first-order chi connectivity index (χ1) is 8.71. The molecule has 2 rings (SSSR count). The molecule has 96 valence electrons. The molecule has 0 radical (unpaired) electrons. The topological polar surface area (TPSA) is 78.2 Å². The third-order valence-electron chi connectivity index (χ3n) is 3.15. The second-order valence-corrected chi connectivity index (χ2v) is 4.69. The Morgan fingerprint density at radius 3 is 2.89 bits per heavy atom. The Bertz CT molecular complexity index is 467. The van der Waals surface area contributed by atoms with Gasteiger partial charge in [0.15, 0.2) is 0 Å². The fourth-order valence-electron chi connectivity index (χ4n) is 1.95. The van der Waals surface area contributed by atoms with Gasteiger partial charge in [0.1, 0.15) is 16.9 Å². The van der Waals surface area contributed by atoms with Gasteiger partial charge in [-0.25, -0.2) is 4.98 Å². The molecule has 0 aromatic carbocycles. The summed E-state index contributed by atoms with van der Waals surface area (Å²) in [5.74, 6) is 0.437. The molecular formula is C12H14ClN3O2.